The molecule has 3 aromatic rings. The predicted octanol–water partition coefficient (Wildman–Crippen LogP) is 3.80. The second-order valence-electron chi connectivity index (χ2n) is 5.83. The van der Waals surface area contributed by atoms with E-state index < -0.39 is 0 Å². The minimum absolute atomic E-state index is 0.231. The fourth-order valence-corrected chi connectivity index (χ4v) is 3.03. The van der Waals surface area contributed by atoms with Crippen LogP contribution < -0.4 is 10.4 Å². The predicted molar refractivity (Wildman–Crippen MR) is 101 cm³/mol. The summed E-state index contributed by atoms with van der Waals surface area (Å²) in [4.78, 5) is 12.3. The number of nitrogens with zero attached hydrogens (tertiary/aromatic N) is 4. The third-order valence-corrected chi connectivity index (χ3v) is 4.53. The van der Waals surface area contributed by atoms with Crippen molar-refractivity contribution in [3.8, 4) is 11.4 Å². The minimum Gasteiger partial charge on any atom is -0.487 e. The van der Waals surface area contributed by atoms with Crippen molar-refractivity contribution in [2.45, 2.75) is 26.4 Å². The van der Waals surface area contributed by atoms with E-state index in [9.17, 15) is 4.79 Å². The molecule has 0 aliphatic carbocycles. The summed E-state index contributed by atoms with van der Waals surface area (Å²) in [5.74, 6) is 0.489. The van der Waals surface area contributed by atoms with E-state index in [1.54, 1.807) is 25.2 Å². The molecule has 0 fully saturated rings. The molecule has 0 saturated heterocycles. The molecule has 2 aromatic carbocycles. The topological polar surface area (TPSA) is 61.9 Å². The van der Waals surface area contributed by atoms with Crippen molar-refractivity contribution in [3.05, 3.63) is 68.1 Å². The number of hydrogen-bond donors (Lipinski definition) is 0. The average molecular weight is 393 g/mol. The van der Waals surface area contributed by atoms with Crippen molar-refractivity contribution in [2.75, 3.05) is 0 Å². The quantitative estimate of drug-likeness (QED) is 0.639. The Morgan fingerprint density at radius 2 is 1.96 bits per heavy atom. The Bertz CT molecular complexity index is 982. The van der Waals surface area contributed by atoms with Gasteiger partial charge in [0.15, 0.2) is 0 Å². The molecular formula is C18H18Cl2N4O2. The third-order valence-electron chi connectivity index (χ3n) is 3.98. The second kappa shape index (κ2) is 7.93. The molecule has 0 unspecified atom stereocenters. The van der Waals surface area contributed by atoms with Crippen molar-refractivity contribution in [1.82, 2.24) is 19.8 Å². The molecule has 0 bridgehead atoms. The number of tetrazole rings is 1. The van der Waals surface area contributed by atoms with Crippen LogP contribution in [-0.4, -0.2) is 19.8 Å². The number of aromatic nitrogens is 4. The Hall–Kier alpha value is -2.31. The fourth-order valence-electron chi connectivity index (χ4n) is 2.69. The van der Waals surface area contributed by atoms with Gasteiger partial charge in [0, 0.05) is 23.7 Å². The van der Waals surface area contributed by atoms with Gasteiger partial charge in [0.25, 0.3) is 0 Å². The molecule has 0 amide bonds. The first-order chi connectivity index (χ1) is 12.5. The maximum atomic E-state index is 12.3. The molecular weight excluding hydrogens is 375 g/mol. The summed E-state index contributed by atoms with van der Waals surface area (Å²) in [5.41, 5.74) is 2.28. The van der Waals surface area contributed by atoms with E-state index >= 15 is 0 Å². The molecule has 26 heavy (non-hydrogen) atoms. The number of hydrogen-bond acceptors (Lipinski definition) is 4. The highest BCUT2D eigenvalue weighted by atomic mass is 35.5. The van der Waals surface area contributed by atoms with Crippen molar-refractivity contribution in [1.29, 1.82) is 0 Å². The van der Waals surface area contributed by atoms with Crippen LogP contribution in [0.15, 0.2) is 41.2 Å². The van der Waals surface area contributed by atoms with Crippen LogP contribution in [0.5, 0.6) is 5.75 Å². The molecule has 0 radical (unpaired) electrons. The maximum absolute atomic E-state index is 12.3. The van der Waals surface area contributed by atoms with Gasteiger partial charge in [0.05, 0.1) is 10.7 Å². The summed E-state index contributed by atoms with van der Waals surface area (Å²) < 4.78 is 8.37. The fraction of sp³-hybridized carbons (Fsp3) is 0.278. The molecule has 0 saturated carbocycles. The Labute approximate surface area is 160 Å². The van der Waals surface area contributed by atoms with Crippen LogP contribution in [0.3, 0.4) is 0 Å². The van der Waals surface area contributed by atoms with Gasteiger partial charge in [0.2, 0.25) is 0 Å². The van der Waals surface area contributed by atoms with Crippen LogP contribution >= 0.6 is 23.2 Å². The van der Waals surface area contributed by atoms with Crippen LogP contribution in [0.1, 0.15) is 24.5 Å². The lowest BCUT2D eigenvalue weighted by Gasteiger charge is -2.15. The van der Waals surface area contributed by atoms with E-state index in [1.165, 1.54) is 9.36 Å². The van der Waals surface area contributed by atoms with Crippen molar-refractivity contribution in [3.63, 3.8) is 0 Å². The van der Waals surface area contributed by atoms with Crippen molar-refractivity contribution >= 4 is 23.2 Å². The second-order valence-corrected chi connectivity index (χ2v) is 6.67. The molecule has 1 heterocycles. The first-order valence-electron chi connectivity index (χ1n) is 8.19. The molecule has 0 aliphatic heterocycles. The number of aryl methyl sites for hydroxylation is 2. The number of halogens is 2. The van der Waals surface area contributed by atoms with Crippen LogP contribution in [0.2, 0.25) is 10.0 Å². The first-order valence-corrected chi connectivity index (χ1v) is 8.95. The highest BCUT2D eigenvalue weighted by Crippen LogP contribution is 2.29. The van der Waals surface area contributed by atoms with Gasteiger partial charge in [-0.3, -0.25) is 0 Å². The van der Waals surface area contributed by atoms with E-state index in [-0.39, 0.29) is 12.3 Å². The molecule has 0 atom stereocenters. The van der Waals surface area contributed by atoms with E-state index in [2.05, 4.69) is 17.4 Å². The van der Waals surface area contributed by atoms with Crippen LogP contribution in [0, 0.1) is 0 Å². The molecule has 3 rings (SSSR count). The van der Waals surface area contributed by atoms with Crippen LogP contribution in [0.4, 0.5) is 0 Å². The minimum atomic E-state index is -0.319. The van der Waals surface area contributed by atoms with E-state index in [0.717, 1.165) is 24.0 Å². The molecule has 0 aliphatic rings. The molecule has 0 spiro atoms. The molecule has 8 heteroatoms. The number of rotatable bonds is 6. The van der Waals surface area contributed by atoms with Crippen LogP contribution in [-0.2, 0) is 20.1 Å². The summed E-state index contributed by atoms with van der Waals surface area (Å²) in [6.07, 6.45) is 1.81. The van der Waals surface area contributed by atoms with Gasteiger partial charge in [-0.2, -0.15) is 9.36 Å². The smallest absolute Gasteiger partial charge is 0.368 e. The van der Waals surface area contributed by atoms with E-state index in [1.807, 2.05) is 18.2 Å². The van der Waals surface area contributed by atoms with Gasteiger partial charge in [-0.15, -0.1) is 0 Å². The monoisotopic (exact) mass is 392 g/mol. The van der Waals surface area contributed by atoms with Gasteiger partial charge in [0.1, 0.15) is 12.4 Å². The first kappa shape index (κ1) is 18.5. The Balaban J connectivity index is 2.02. The van der Waals surface area contributed by atoms with Gasteiger partial charge in [-0.05, 0) is 40.6 Å². The van der Waals surface area contributed by atoms with Crippen molar-refractivity contribution in [2.24, 2.45) is 7.05 Å². The molecule has 136 valence electrons. The SMILES string of the molecule is CCCc1cccc(-n2nnn(C)c2=O)c1COc1cc(Cl)ccc1Cl. The normalized spacial score (nSPS) is 10.9. The summed E-state index contributed by atoms with van der Waals surface area (Å²) >= 11 is 12.2. The van der Waals surface area contributed by atoms with E-state index in [4.69, 9.17) is 27.9 Å². The average Bonchev–Trinajstić information content (AvgIpc) is 2.95. The zero-order chi connectivity index (χ0) is 18.7. The summed E-state index contributed by atoms with van der Waals surface area (Å²) in [6.45, 7) is 2.33. The molecule has 0 N–H and O–H groups in total. The summed E-state index contributed by atoms with van der Waals surface area (Å²) in [5, 5.41) is 8.75. The lowest BCUT2D eigenvalue weighted by Crippen LogP contribution is -2.23. The van der Waals surface area contributed by atoms with Gasteiger partial charge in [-0.25, -0.2) is 4.79 Å². The zero-order valence-corrected chi connectivity index (χ0v) is 16.0. The zero-order valence-electron chi connectivity index (χ0n) is 14.4. The lowest BCUT2D eigenvalue weighted by molar-refractivity contribution is 0.304. The number of ether oxygens (including phenoxy) is 1. The maximum Gasteiger partial charge on any atom is 0.368 e. The highest BCUT2D eigenvalue weighted by Gasteiger charge is 2.15. The highest BCUT2D eigenvalue weighted by molar-refractivity contribution is 6.34. The Kier molecular flexibility index (Phi) is 5.64. The standard InChI is InChI=1S/C18H18Cl2N4O2/c1-3-5-12-6-4-7-16(24-18(25)23(2)21-22-24)14(12)11-26-17-10-13(19)8-9-15(17)20/h4,6-10H,3,5,11H2,1-2H3. The molecule has 6 nitrogen and oxygen atoms in total. The Morgan fingerprint density at radius 1 is 1.15 bits per heavy atom. The largest absolute Gasteiger partial charge is 0.487 e. The van der Waals surface area contributed by atoms with Crippen molar-refractivity contribution < 1.29 is 4.74 Å². The van der Waals surface area contributed by atoms with Gasteiger partial charge in [-0.1, -0.05) is 48.7 Å². The van der Waals surface area contributed by atoms with Gasteiger partial charge >= 0.3 is 5.69 Å². The molecule has 1 aromatic heterocycles. The Morgan fingerprint density at radius 3 is 2.65 bits per heavy atom. The third kappa shape index (κ3) is 3.76. The lowest BCUT2D eigenvalue weighted by atomic mass is 10.0. The van der Waals surface area contributed by atoms with Crippen LogP contribution in [0.25, 0.3) is 5.69 Å². The van der Waals surface area contributed by atoms with E-state index in [0.29, 0.717) is 21.5 Å². The number of benzene rings is 2. The summed E-state index contributed by atoms with van der Waals surface area (Å²) in [6, 6.07) is 10.8. The van der Waals surface area contributed by atoms with Gasteiger partial charge < -0.3 is 4.74 Å². The summed E-state index contributed by atoms with van der Waals surface area (Å²) in [7, 11) is 1.56.